The van der Waals surface area contributed by atoms with Crippen molar-refractivity contribution in [1.82, 2.24) is 0 Å². The molecule has 1 nitrogen and oxygen atoms in total. The fourth-order valence-electron chi connectivity index (χ4n) is 2.02. The molecule has 0 radical (unpaired) electrons. The van der Waals surface area contributed by atoms with Crippen molar-refractivity contribution in [2.45, 2.75) is 52.6 Å². The molecule has 0 heterocycles. The zero-order valence-electron chi connectivity index (χ0n) is 11.5. The largest absolute Gasteiger partial charge is 0.384 e. The van der Waals surface area contributed by atoms with Crippen molar-refractivity contribution in [3.63, 3.8) is 0 Å². The van der Waals surface area contributed by atoms with Crippen LogP contribution >= 0.6 is 22.6 Å². The standard InChI is InChI=1S/C16H23IO/c1-4-6-14(15(17)7-5-2)16(18)13-10-8-12(3)9-11-13/h8-11,16,18H,4-7H2,1-3H3/b15-14-. The molecule has 0 spiro atoms. The van der Waals surface area contributed by atoms with Gasteiger partial charge in [0, 0.05) is 0 Å². The van der Waals surface area contributed by atoms with Crippen molar-refractivity contribution in [2.24, 2.45) is 0 Å². The number of halogens is 1. The maximum atomic E-state index is 10.5. The molecule has 1 aromatic carbocycles. The van der Waals surface area contributed by atoms with E-state index in [9.17, 15) is 5.11 Å². The molecular weight excluding hydrogens is 335 g/mol. The SMILES string of the molecule is CCC/C(I)=C(\CCC)C(O)c1ccc(C)cc1. The molecule has 0 fully saturated rings. The van der Waals surface area contributed by atoms with Gasteiger partial charge in [0.2, 0.25) is 0 Å². The van der Waals surface area contributed by atoms with Crippen molar-refractivity contribution in [2.75, 3.05) is 0 Å². The van der Waals surface area contributed by atoms with E-state index in [4.69, 9.17) is 0 Å². The van der Waals surface area contributed by atoms with Crippen molar-refractivity contribution in [3.05, 3.63) is 44.5 Å². The fraction of sp³-hybridized carbons (Fsp3) is 0.500. The Labute approximate surface area is 124 Å². The third-order valence-corrected chi connectivity index (χ3v) is 4.29. The van der Waals surface area contributed by atoms with Gasteiger partial charge in [-0.3, -0.25) is 0 Å². The zero-order valence-corrected chi connectivity index (χ0v) is 13.7. The van der Waals surface area contributed by atoms with Crippen LogP contribution in [0, 0.1) is 6.92 Å². The molecule has 1 aromatic rings. The first-order valence-electron chi connectivity index (χ1n) is 6.72. The molecule has 0 saturated heterocycles. The number of hydrogen-bond acceptors (Lipinski definition) is 1. The van der Waals surface area contributed by atoms with E-state index in [0.717, 1.165) is 31.2 Å². The first-order chi connectivity index (χ1) is 8.60. The van der Waals surface area contributed by atoms with Crippen molar-refractivity contribution in [1.29, 1.82) is 0 Å². The Morgan fingerprint density at radius 1 is 1.11 bits per heavy atom. The Hall–Kier alpha value is -0.350. The van der Waals surface area contributed by atoms with Gasteiger partial charge < -0.3 is 5.11 Å². The average Bonchev–Trinajstić information content (AvgIpc) is 2.36. The number of aliphatic hydroxyl groups is 1. The summed E-state index contributed by atoms with van der Waals surface area (Å²) in [5.74, 6) is 0. The minimum atomic E-state index is -0.441. The lowest BCUT2D eigenvalue weighted by Gasteiger charge is -2.18. The highest BCUT2D eigenvalue weighted by atomic mass is 127. The molecule has 1 rings (SSSR count). The lowest BCUT2D eigenvalue weighted by atomic mass is 9.96. The third-order valence-electron chi connectivity index (χ3n) is 3.06. The number of rotatable bonds is 6. The van der Waals surface area contributed by atoms with Crippen LogP contribution < -0.4 is 0 Å². The number of benzene rings is 1. The van der Waals surface area contributed by atoms with E-state index in [1.54, 1.807) is 0 Å². The first-order valence-corrected chi connectivity index (χ1v) is 7.80. The Bertz CT molecular complexity index is 392. The van der Waals surface area contributed by atoms with Gasteiger partial charge in [0.15, 0.2) is 0 Å². The minimum absolute atomic E-state index is 0.441. The summed E-state index contributed by atoms with van der Waals surface area (Å²) in [4.78, 5) is 0. The molecule has 0 bridgehead atoms. The quantitative estimate of drug-likeness (QED) is 0.683. The topological polar surface area (TPSA) is 20.2 Å². The Morgan fingerprint density at radius 2 is 1.67 bits per heavy atom. The molecule has 0 aliphatic carbocycles. The minimum Gasteiger partial charge on any atom is -0.384 e. The summed E-state index contributed by atoms with van der Waals surface area (Å²) in [6.07, 6.45) is 3.82. The molecule has 0 aromatic heterocycles. The summed E-state index contributed by atoms with van der Waals surface area (Å²) < 4.78 is 1.32. The summed E-state index contributed by atoms with van der Waals surface area (Å²) in [6, 6.07) is 8.20. The second kappa shape index (κ2) is 7.95. The van der Waals surface area contributed by atoms with Gasteiger partial charge in [-0.05, 0) is 57.1 Å². The van der Waals surface area contributed by atoms with Crippen molar-refractivity contribution in [3.8, 4) is 0 Å². The molecular formula is C16H23IO. The van der Waals surface area contributed by atoms with Crippen LogP contribution in [0.25, 0.3) is 0 Å². The van der Waals surface area contributed by atoms with Gasteiger partial charge in [-0.2, -0.15) is 0 Å². The first kappa shape index (κ1) is 15.7. The van der Waals surface area contributed by atoms with Crippen LogP contribution in [0.4, 0.5) is 0 Å². The summed E-state index contributed by atoms with van der Waals surface area (Å²) in [7, 11) is 0. The third kappa shape index (κ3) is 4.39. The van der Waals surface area contributed by atoms with Crippen LogP contribution in [-0.4, -0.2) is 5.11 Å². The molecule has 1 unspecified atom stereocenters. The predicted octanol–water partition coefficient (Wildman–Crippen LogP) is 5.32. The molecule has 0 aliphatic rings. The lowest BCUT2D eigenvalue weighted by Crippen LogP contribution is -2.03. The summed E-state index contributed by atoms with van der Waals surface area (Å²) in [5.41, 5.74) is 3.44. The molecule has 0 saturated carbocycles. The number of aryl methyl sites for hydroxylation is 1. The van der Waals surface area contributed by atoms with E-state index < -0.39 is 6.10 Å². The van der Waals surface area contributed by atoms with E-state index >= 15 is 0 Å². The summed E-state index contributed by atoms with van der Waals surface area (Å²) in [5, 5.41) is 10.5. The summed E-state index contributed by atoms with van der Waals surface area (Å²) in [6.45, 7) is 6.41. The van der Waals surface area contributed by atoms with Gasteiger partial charge in [-0.1, -0.05) is 56.5 Å². The molecule has 100 valence electrons. The Morgan fingerprint density at radius 3 is 2.17 bits per heavy atom. The highest BCUT2D eigenvalue weighted by molar-refractivity contribution is 14.1. The van der Waals surface area contributed by atoms with E-state index in [0.29, 0.717) is 0 Å². The maximum absolute atomic E-state index is 10.5. The number of aliphatic hydroxyl groups excluding tert-OH is 1. The average molecular weight is 358 g/mol. The predicted molar refractivity (Wildman–Crippen MR) is 87.0 cm³/mol. The summed E-state index contributed by atoms with van der Waals surface area (Å²) >= 11 is 2.40. The second-order valence-corrected chi connectivity index (χ2v) is 6.05. The zero-order chi connectivity index (χ0) is 13.5. The molecule has 0 aliphatic heterocycles. The van der Waals surface area contributed by atoms with E-state index in [1.807, 2.05) is 12.1 Å². The maximum Gasteiger partial charge on any atom is 0.101 e. The Balaban J connectivity index is 2.98. The van der Waals surface area contributed by atoms with E-state index in [2.05, 4.69) is 55.5 Å². The molecule has 0 amide bonds. The molecule has 1 N–H and O–H groups in total. The van der Waals surface area contributed by atoms with Crippen LogP contribution in [0.15, 0.2) is 33.4 Å². The number of hydrogen-bond donors (Lipinski definition) is 1. The smallest absolute Gasteiger partial charge is 0.101 e. The normalized spacial score (nSPS) is 14.3. The van der Waals surface area contributed by atoms with Crippen LogP contribution in [0.5, 0.6) is 0 Å². The highest BCUT2D eigenvalue weighted by Crippen LogP contribution is 2.32. The van der Waals surface area contributed by atoms with Gasteiger partial charge in [0.25, 0.3) is 0 Å². The van der Waals surface area contributed by atoms with Crippen LogP contribution in [0.3, 0.4) is 0 Å². The van der Waals surface area contributed by atoms with Crippen LogP contribution in [0.2, 0.25) is 0 Å². The molecule has 2 heteroatoms. The van der Waals surface area contributed by atoms with Crippen molar-refractivity contribution < 1.29 is 5.11 Å². The van der Waals surface area contributed by atoms with Crippen molar-refractivity contribution >= 4 is 22.6 Å². The van der Waals surface area contributed by atoms with Gasteiger partial charge in [-0.25, -0.2) is 0 Å². The van der Waals surface area contributed by atoms with Gasteiger partial charge in [-0.15, -0.1) is 0 Å². The van der Waals surface area contributed by atoms with Gasteiger partial charge in [0.05, 0.1) is 0 Å². The lowest BCUT2D eigenvalue weighted by molar-refractivity contribution is 0.210. The van der Waals surface area contributed by atoms with Crippen LogP contribution in [0.1, 0.15) is 56.8 Å². The van der Waals surface area contributed by atoms with Crippen LogP contribution in [-0.2, 0) is 0 Å². The second-order valence-electron chi connectivity index (χ2n) is 4.74. The van der Waals surface area contributed by atoms with E-state index in [-0.39, 0.29) is 0 Å². The van der Waals surface area contributed by atoms with Gasteiger partial charge >= 0.3 is 0 Å². The highest BCUT2D eigenvalue weighted by Gasteiger charge is 2.15. The molecule has 1 atom stereocenters. The number of allylic oxidation sites excluding steroid dienone is 1. The van der Waals surface area contributed by atoms with E-state index in [1.165, 1.54) is 14.7 Å². The van der Waals surface area contributed by atoms with Gasteiger partial charge in [0.1, 0.15) is 6.10 Å². The monoisotopic (exact) mass is 358 g/mol. The fourth-order valence-corrected chi connectivity index (χ4v) is 3.12. The Kier molecular flexibility index (Phi) is 6.94. The molecule has 18 heavy (non-hydrogen) atoms.